The van der Waals surface area contributed by atoms with Crippen molar-refractivity contribution in [1.82, 2.24) is 10.3 Å². The number of aromatic amines is 1. The van der Waals surface area contributed by atoms with Gasteiger partial charge in [0.2, 0.25) is 0 Å². The summed E-state index contributed by atoms with van der Waals surface area (Å²) in [6, 6.07) is 17.3. The van der Waals surface area contributed by atoms with Gasteiger partial charge in [-0.05, 0) is 43.3 Å². The van der Waals surface area contributed by atoms with Crippen LogP contribution in [-0.4, -0.2) is 18.0 Å². The van der Waals surface area contributed by atoms with Gasteiger partial charge in [0.1, 0.15) is 11.5 Å². The minimum atomic E-state index is -1.22. The Balaban J connectivity index is 1.80. The standard InChI is InChI=1S/C22H20ClN2O3P/c1-14-5-3-7-17(11-14)29(27-2)21-18-12-15(23)8-9-19(18)25-20(21)22(26)24-13-16-6-4-10-28-16/h3-12,25H,13H2,1-2H3,(H,24,26). The predicted octanol–water partition coefficient (Wildman–Crippen LogP) is 4.65. The van der Waals surface area contributed by atoms with Crippen LogP contribution in [0.5, 0.6) is 0 Å². The number of rotatable bonds is 6. The first-order valence-corrected chi connectivity index (χ1v) is 10.7. The number of benzene rings is 2. The molecule has 29 heavy (non-hydrogen) atoms. The molecule has 2 heterocycles. The van der Waals surface area contributed by atoms with Crippen LogP contribution >= 0.6 is 19.7 Å². The molecule has 1 unspecified atom stereocenters. The minimum Gasteiger partial charge on any atom is -0.467 e. The molecule has 0 saturated carbocycles. The smallest absolute Gasteiger partial charge is 0.268 e. The van der Waals surface area contributed by atoms with Crippen molar-refractivity contribution < 1.29 is 13.7 Å². The summed E-state index contributed by atoms with van der Waals surface area (Å²) in [6.07, 6.45) is 1.58. The van der Waals surface area contributed by atoms with E-state index >= 15 is 0 Å². The second-order valence-electron chi connectivity index (χ2n) is 6.62. The van der Waals surface area contributed by atoms with Crippen LogP contribution in [0.25, 0.3) is 10.9 Å². The van der Waals surface area contributed by atoms with Crippen LogP contribution in [0.4, 0.5) is 0 Å². The van der Waals surface area contributed by atoms with Crippen molar-refractivity contribution in [2.75, 3.05) is 7.11 Å². The van der Waals surface area contributed by atoms with Gasteiger partial charge in [0.25, 0.3) is 5.91 Å². The Hall–Kier alpha value is -2.59. The lowest BCUT2D eigenvalue weighted by molar-refractivity contribution is 0.0945. The first-order chi connectivity index (χ1) is 14.1. The molecule has 7 heteroatoms. The summed E-state index contributed by atoms with van der Waals surface area (Å²) in [5, 5.41) is 6.26. The van der Waals surface area contributed by atoms with E-state index in [1.807, 2.05) is 43.3 Å². The zero-order valence-electron chi connectivity index (χ0n) is 16.0. The lowest BCUT2D eigenvalue weighted by atomic mass is 10.2. The molecule has 2 N–H and O–H groups in total. The number of H-pyrrole nitrogens is 1. The van der Waals surface area contributed by atoms with Gasteiger partial charge < -0.3 is 19.2 Å². The van der Waals surface area contributed by atoms with E-state index in [4.69, 9.17) is 20.5 Å². The molecular weight excluding hydrogens is 407 g/mol. The number of nitrogens with one attached hydrogen (secondary N) is 2. The molecular formula is C22H20ClN2O3P. The number of aryl methyl sites for hydroxylation is 1. The van der Waals surface area contributed by atoms with E-state index in [9.17, 15) is 4.79 Å². The van der Waals surface area contributed by atoms with E-state index in [0.29, 0.717) is 23.0 Å². The van der Waals surface area contributed by atoms with Crippen LogP contribution in [0, 0.1) is 6.92 Å². The summed E-state index contributed by atoms with van der Waals surface area (Å²) in [4.78, 5) is 16.3. The maximum absolute atomic E-state index is 13.1. The zero-order chi connectivity index (χ0) is 20.4. The highest BCUT2D eigenvalue weighted by atomic mass is 35.5. The van der Waals surface area contributed by atoms with Gasteiger partial charge >= 0.3 is 0 Å². The van der Waals surface area contributed by atoms with Gasteiger partial charge in [-0.1, -0.05) is 35.4 Å². The van der Waals surface area contributed by atoms with E-state index in [2.05, 4.69) is 16.4 Å². The highest BCUT2D eigenvalue weighted by Crippen LogP contribution is 2.39. The molecule has 2 aromatic carbocycles. The van der Waals surface area contributed by atoms with E-state index < -0.39 is 8.15 Å². The quantitative estimate of drug-likeness (QED) is 0.441. The summed E-state index contributed by atoms with van der Waals surface area (Å²) in [5.41, 5.74) is 2.45. The summed E-state index contributed by atoms with van der Waals surface area (Å²) in [6.45, 7) is 2.34. The third-order valence-corrected chi connectivity index (χ3v) is 6.80. The van der Waals surface area contributed by atoms with E-state index in [1.165, 1.54) is 0 Å². The number of aromatic nitrogens is 1. The highest BCUT2D eigenvalue weighted by molar-refractivity contribution is 7.69. The number of carbonyl (C=O) groups excluding carboxylic acids is 1. The molecule has 148 valence electrons. The lowest BCUT2D eigenvalue weighted by Crippen LogP contribution is -2.28. The van der Waals surface area contributed by atoms with Crippen LogP contribution in [0.3, 0.4) is 0 Å². The van der Waals surface area contributed by atoms with Gasteiger partial charge in [-0.25, -0.2) is 0 Å². The van der Waals surface area contributed by atoms with Gasteiger partial charge in [0.15, 0.2) is 0 Å². The molecule has 5 nitrogen and oxygen atoms in total. The normalized spacial score (nSPS) is 12.2. The Morgan fingerprint density at radius 1 is 1.21 bits per heavy atom. The van der Waals surface area contributed by atoms with Crippen molar-refractivity contribution in [1.29, 1.82) is 0 Å². The maximum Gasteiger partial charge on any atom is 0.268 e. The zero-order valence-corrected chi connectivity index (χ0v) is 17.7. The summed E-state index contributed by atoms with van der Waals surface area (Å²) in [7, 11) is 0.445. The van der Waals surface area contributed by atoms with Crippen molar-refractivity contribution in [2.24, 2.45) is 0 Å². The molecule has 1 atom stereocenters. The summed E-state index contributed by atoms with van der Waals surface area (Å²) >= 11 is 6.27. The fraction of sp³-hybridized carbons (Fsp3) is 0.136. The van der Waals surface area contributed by atoms with Crippen LogP contribution in [-0.2, 0) is 11.1 Å². The average molecular weight is 427 g/mol. The maximum atomic E-state index is 13.1. The molecule has 0 spiro atoms. The number of hydrogen-bond donors (Lipinski definition) is 2. The molecule has 2 aromatic heterocycles. The Labute approximate surface area is 174 Å². The highest BCUT2D eigenvalue weighted by Gasteiger charge is 2.27. The molecule has 4 aromatic rings. The summed E-state index contributed by atoms with van der Waals surface area (Å²) in [5.74, 6) is 0.465. The number of fused-ring (bicyclic) bond motifs is 1. The van der Waals surface area contributed by atoms with Crippen molar-refractivity contribution in [3.05, 3.63) is 82.9 Å². The van der Waals surface area contributed by atoms with Gasteiger partial charge in [0.05, 0.1) is 21.0 Å². The van der Waals surface area contributed by atoms with Crippen molar-refractivity contribution >= 4 is 47.2 Å². The minimum absolute atomic E-state index is 0.221. The molecule has 0 fully saturated rings. The molecule has 0 aliphatic rings. The van der Waals surface area contributed by atoms with Gasteiger partial charge in [-0.2, -0.15) is 0 Å². The second-order valence-corrected chi connectivity index (χ2v) is 8.97. The third-order valence-electron chi connectivity index (χ3n) is 4.59. The van der Waals surface area contributed by atoms with Crippen molar-refractivity contribution in [3.8, 4) is 0 Å². The van der Waals surface area contributed by atoms with E-state index in [0.717, 1.165) is 27.1 Å². The largest absolute Gasteiger partial charge is 0.467 e. The van der Waals surface area contributed by atoms with Crippen molar-refractivity contribution in [3.63, 3.8) is 0 Å². The topological polar surface area (TPSA) is 67.3 Å². The molecule has 0 bridgehead atoms. The van der Waals surface area contributed by atoms with Crippen molar-refractivity contribution in [2.45, 2.75) is 13.5 Å². The summed E-state index contributed by atoms with van der Waals surface area (Å²) < 4.78 is 11.2. The van der Waals surface area contributed by atoms with Crippen LogP contribution in [0.2, 0.25) is 5.02 Å². The number of halogens is 1. The SMILES string of the molecule is COP(c1cccc(C)c1)c1c(C(=O)NCc2ccco2)[nH]c2ccc(Cl)cc12. The Bertz CT molecular complexity index is 1150. The number of carbonyl (C=O) groups is 1. The van der Waals surface area contributed by atoms with Crippen LogP contribution < -0.4 is 15.9 Å². The van der Waals surface area contributed by atoms with Gasteiger partial charge in [0, 0.05) is 33.6 Å². The third kappa shape index (κ3) is 4.08. The Kier molecular flexibility index (Phi) is 5.72. The average Bonchev–Trinajstić information content (AvgIpc) is 3.35. The van der Waals surface area contributed by atoms with Crippen LogP contribution in [0.1, 0.15) is 21.8 Å². The number of furan rings is 1. The first kappa shape index (κ1) is 19.7. The first-order valence-electron chi connectivity index (χ1n) is 9.09. The Morgan fingerprint density at radius 2 is 2.07 bits per heavy atom. The monoisotopic (exact) mass is 426 g/mol. The fourth-order valence-corrected chi connectivity index (χ4v) is 5.40. The molecule has 0 radical (unpaired) electrons. The molecule has 4 rings (SSSR count). The van der Waals surface area contributed by atoms with E-state index in [-0.39, 0.29) is 5.91 Å². The van der Waals surface area contributed by atoms with E-state index in [1.54, 1.807) is 25.5 Å². The Morgan fingerprint density at radius 3 is 2.79 bits per heavy atom. The van der Waals surface area contributed by atoms with Gasteiger partial charge in [-0.15, -0.1) is 0 Å². The number of hydrogen-bond acceptors (Lipinski definition) is 3. The fourth-order valence-electron chi connectivity index (χ4n) is 3.27. The predicted molar refractivity (Wildman–Crippen MR) is 118 cm³/mol. The van der Waals surface area contributed by atoms with Gasteiger partial charge in [-0.3, -0.25) is 4.79 Å². The molecule has 0 saturated heterocycles. The number of amides is 1. The molecule has 0 aliphatic carbocycles. The lowest BCUT2D eigenvalue weighted by Gasteiger charge is -2.17. The van der Waals surface area contributed by atoms with Crippen LogP contribution in [0.15, 0.2) is 65.3 Å². The second kappa shape index (κ2) is 8.42. The molecule has 1 amide bonds. The molecule has 0 aliphatic heterocycles.